The predicted octanol–water partition coefficient (Wildman–Crippen LogP) is 1.09. The van der Waals surface area contributed by atoms with Crippen LogP contribution in [0.15, 0.2) is 12.3 Å². The highest BCUT2D eigenvalue weighted by Crippen LogP contribution is 2.25. The van der Waals surface area contributed by atoms with E-state index in [1.165, 1.54) is 10.5 Å². The molecule has 2 rings (SSSR count). The van der Waals surface area contributed by atoms with E-state index in [0.29, 0.717) is 55.6 Å². The molecule has 1 aromatic heterocycles. The van der Waals surface area contributed by atoms with Gasteiger partial charge in [-0.1, -0.05) is 11.6 Å². The molecule has 0 saturated carbocycles. The van der Waals surface area contributed by atoms with Gasteiger partial charge in [0.2, 0.25) is 10.0 Å². The Balaban J connectivity index is 1.97. The molecule has 126 valence electrons. The number of nitriles is 1. The molecule has 2 heterocycles. The Morgan fingerprint density at radius 1 is 1.39 bits per heavy atom. The molecular weight excluding hydrogens is 340 g/mol. The number of anilines is 1. The fourth-order valence-corrected chi connectivity index (χ4v) is 4.16. The van der Waals surface area contributed by atoms with Crippen LogP contribution in [0.25, 0.3) is 0 Å². The van der Waals surface area contributed by atoms with Gasteiger partial charge in [0.25, 0.3) is 0 Å². The third-order valence-corrected chi connectivity index (χ3v) is 5.87. The predicted molar refractivity (Wildman–Crippen MR) is 88.0 cm³/mol. The lowest BCUT2D eigenvalue weighted by molar-refractivity contribution is 0.199. The molecule has 0 amide bonds. The quantitative estimate of drug-likeness (QED) is 0.708. The lowest BCUT2D eigenvalue weighted by Crippen LogP contribution is -2.49. The molecule has 0 atom stereocenters. The van der Waals surface area contributed by atoms with Crippen LogP contribution >= 0.6 is 11.6 Å². The van der Waals surface area contributed by atoms with Crippen molar-refractivity contribution in [3.63, 3.8) is 0 Å². The Morgan fingerprint density at radius 3 is 2.65 bits per heavy atom. The van der Waals surface area contributed by atoms with Gasteiger partial charge in [0.15, 0.2) is 0 Å². The van der Waals surface area contributed by atoms with Gasteiger partial charge in [-0.15, -0.1) is 0 Å². The van der Waals surface area contributed by atoms with E-state index in [2.05, 4.69) is 4.98 Å². The third kappa shape index (κ3) is 4.54. The Kier molecular flexibility index (Phi) is 6.18. The highest BCUT2D eigenvalue weighted by Gasteiger charge is 2.27. The number of rotatable bonds is 6. The Morgan fingerprint density at radius 2 is 2.09 bits per heavy atom. The van der Waals surface area contributed by atoms with Crippen LogP contribution < -0.4 is 4.90 Å². The van der Waals surface area contributed by atoms with Crippen molar-refractivity contribution < 1.29 is 13.2 Å². The summed E-state index contributed by atoms with van der Waals surface area (Å²) in [5.74, 6) is 0.679. The van der Waals surface area contributed by atoms with E-state index in [0.717, 1.165) is 0 Å². The normalized spacial score (nSPS) is 16.3. The molecule has 0 unspecified atom stereocenters. The fourth-order valence-electron chi connectivity index (χ4n) is 2.42. The lowest BCUT2D eigenvalue weighted by atomic mass is 10.3. The third-order valence-electron chi connectivity index (χ3n) is 3.63. The van der Waals surface area contributed by atoms with E-state index < -0.39 is 10.0 Å². The summed E-state index contributed by atoms with van der Waals surface area (Å²) in [7, 11) is -1.70. The summed E-state index contributed by atoms with van der Waals surface area (Å²) in [6, 6.07) is 3.55. The summed E-state index contributed by atoms with van der Waals surface area (Å²) in [5.41, 5.74) is 0.401. The number of halogens is 1. The van der Waals surface area contributed by atoms with Gasteiger partial charge in [0.05, 0.1) is 16.3 Å². The Hall–Kier alpha value is -1.40. The number of methoxy groups -OCH3 is 1. The first-order chi connectivity index (χ1) is 11.0. The van der Waals surface area contributed by atoms with Crippen molar-refractivity contribution in [1.29, 1.82) is 5.26 Å². The average molecular weight is 359 g/mol. The zero-order valence-electron chi connectivity index (χ0n) is 12.9. The topological polar surface area (TPSA) is 86.5 Å². The van der Waals surface area contributed by atoms with Gasteiger partial charge in [0.1, 0.15) is 11.9 Å². The first-order valence-electron chi connectivity index (χ1n) is 7.25. The summed E-state index contributed by atoms with van der Waals surface area (Å²) in [6.07, 6.45) is 1.96. The molecular formula is C14H19ClN4O3S. The molecule has 1 aliphatic rings. The standard InChI is InChI=1S/C14H19ClN4O3S/c1-22-7-2-8-23(20,21)19-5-3-18(4-6-19)14-13(15)9-12(10-16)11-17-14/h9,11H,2-8H2,1H3. The van der Waals surface area contributed by atoms with Crippen LogP contribution in [0.2, 0.25) is 5.02 Å². The molecule has 9 heteroatoms. The van der Waals surface area contributed by atoms with Gasteiger partial charge < -0.3 is 9.64 Å². The van der Waals surface area contributed by atoms with E-state index in [1.54, 1.807) is 13.2 Å². The maximum absolute atomic E-state index is 12.2. The number of aromatic nitrogens is 1. The molecule has 0 radical (unpaired) electrons. The highest BCUT2D eigenvalue weighted by atomic mass is 35.5. The second-order valence-corrected chi connectivity index (χ2v) is 7.69. The number of ether oxygens (including phenoxy) is 1. The number of hydrogen-bond donors (Lipinski definition) is 0. The van der Waals surface area contributed by atoms with Gasteiger partial charge in [-0.2, -0.15) is 9.57 Å². The van der Waals surface area contributed by atoms with Crippen molar-refractivity contribution in [2.75, 3.05) is 50.5 Å². The van der Waals surface area contributed by atoms with Gasteiger partial charge >= 0.3 is 0 Å². The number of nitrogens with zero attached hydrogens (tertiary/aromatic N) is 4. The van der Waals surface area contributed by atoms with Crippen molar-refractivity contribution in [2.24, 2.45) is 0 Å². The van der Waals surface area contributed by atoms with Crippen molar-refractivity contribution >= 4 is 27.4 Å². The lowest BCUT2D eigenvalue weighted by Gasteiger charge is -2.35. The molecule has 1 saturated heterocycles. The van der Waals surface area contributed by atoms with Gasteiger partial charge in [-0.25, -0.2) is 13.4 Å². The van der Waals surface area contributed by atoms with E-state index in [1.807, 2.05) is 11.0 Å². The number of piperazine rings is 1. The van der Waals surface area contributed by atoms with Crippen LogP contribution in [-0.2, 0) is 14.8 Å². The van der Waals surface area contributed by atoms with E-state index in [9.17, 15) is 8.42 Å². The van der Waals surface area contributed by atoms with Crippen LogP contribution in [0.5, 0.6) is 0 Å². The zero-order valence-corrected chi connectivity index (χ0v) is 14.5. The average Bonchev–Trinajstić information content (AvgIpc) is 2.55. The molecule has 0 N–H and O–H groups in total. The van der Waals surface area contributed by atoms with Crippen molar-refractivity contribution in [2.45, 2.75) is 6.42 Å². The summed E-state index contributed by atoms with van der Waals surface area (Å²) < 4.78 is 30.8. The van der Waals surface area contributed by atoms with Crippen LogP contribution in [0.1, 0.15) is 12.0 Å². The summed E-state index contributed by atoms with van der Waals surface area (Å²) in [4.78, 5) is 6.14. The van der Waals surface area contributed by atoms with Crippen LogP contribution in [-0.4, -0.2) is 63.4 Å². The number of hydrogen-bond acceptors (Lipinski definition) is 6. The molecule has 7 nitrogen and oxygen atoms in total. The van der Waals surface area contributed by atoms with Gasteiger partial charge in [-0.05, 0) is 12.5 Å². The van der Waals surface area contributed by atoms with Crippen LogP contribution in [0.4, 0.5) is 5.82 Å². The number of sulfonamides is 1. The largest absolute Gasteiger partial charge is 0.385 e. The minimum absolute atomic E-state index is 0.0940. The van der Waals surface area contributed by atoms with E-state index in [-0.39, 0.29) is 5.75 Å². The maximum atomic E-state index is 12.2. The summed E-state index contributed by atoms with van der Waals surface area (Å²) in [5, 5.41) is 9.23. The molecule has 23 heavy (non-hydrogen) atoms. The number of pyridine rings is 1. The summed E-state index contributed by atoms with van der Waals surface area (Å²) in [6.45, 7) is 2.26. The molecule has 0 spiro atoms. The zero-order chi connectivity index (χ0) is 16.9. The van der Waals surface area contributed by atoms with E-state index in [4.69, 9.17) is 21.6 Å². The molecule has 0 aliphatic carbocycles. The van der Waals surface area contributed by atoms with Crippen molar-refractivity contribution in [3.05, 3.63) is 22.8 Å². The first kappa shape index (κ1) is 17.9. The van der Waals surface area contributed by atoms with Crippen LogP contribution in [0, 0.1) is 11.3 Å². The maximum Gasteiger partial charge on any atom is 0.214 e. The molecule has 0 aromatic carbocycles. The minimum atomic E-state index is -3.25. The van der Waals surface area contributed by atoms with Crippen LogP contribution in [0.3, 0.4) is 0 Å². The first-order valence-corrected chi connectivity index (χ1v) is 9.24. The minimum Gasteiger partial charge on any atom is -0.385 e. The van der Waals surface area contributed by atoms with Gasteiger partial charge in [0, 0.05) is 46.1 Å². The second kappa shape index (κ2) is 7.93. The smallest absolute Gasteiger partial charge is 0.214 e. The highest BCUT2D eigenvalue weighted by molar-refractivity contribution is 7.89. The monoisotopic (exact) mass is 358 g/mol. The SMILES string of the molecule is COCCCS(=O)(=O)N1CCN(c2ncc(C#N)cc2Cl)CC1. The van der Waals surface area contributed by atoms with E-state index >= 15 is 0 Å². The van der Waals surface area contributed by atoms with Gasteiger partial charge in [-0.3, -0.25) is 0 Å². The Bertz CT molecular complexity index is 682. The summed E-state index contributed by atoms with van der Waals surface area (Å²) >= 11 is 6.15. The van der Waals surface area contributed by atoms with Crippen molar-refractivity contribution in [1.82, 2.24) is 9.29 Å². The molecule has 1 aliphatic heterocycles. The molecule has 0 bridgehead atoms. The fraction of sp³-hybridized carbons (Fsp3) is 0.571. The molecule has 1 fully saturated rings. The second-order valence-electron chi connectivity index (χ2n) is 5.19. The van der Waals surface area contributed by atoms with Crippen molar-refractivity contribution in [3.8, 4) is 6.07 Å². The molecule has 1 aromatic rings. The Labute approximate surface area is 141 Å².